The molecular weight excluding hydrogens is 354 g/mol. The minimum atomic E-state index is -0.260. The second kappa shape index (κ2) is 9.69. The predicted octanol–water partition coefficient (Wildman–Crippen LogP) is 1.97. The van der Waals surface area contributed by atoms with Crippen molar-refractivity contribution in [3.8, 4) is 0 Å². The number of piperidine rings is 1. The van der Waals surface area contributed by atoms with E-state index in [0.717, 1.165) is 5.56 Å². The fourth-order valence-electron chi connectivity index (χ4n) is 3.28. The van der Waals surface area contributed by atoms with Crippen molar-refractivity contribution >= 4 is 17.7 Å². The first kappa shape index (κ1) is 19.6. The number of carbonyl (C=O) groups excluding carboxylic acids is 3. The number of carbonyl (C=O) groups is 3. The van der Waals surface area contributed by atoms with Gasteiger partial charge in [0, 0.05) is 31.1 Å². The third-order valence-corrected chi connectivity index (χ3v) is 4.96. The maximum absolute atomic E-state index is 12.3. The van der Waals surface area contributed by atoms with Crippen LogP contribution < -0.4 is 10.6 Å². The standard InChI is InChI=1S/C22H25N3O3/c26-20(16-24-21(27)18-9-5-2-6-10-18)25-13-11-19(12-14-25)22(28)23-15-17-7-3-1-4-8-17/h1-10,19H,11-16H2,(H,23,28)(H,24,27). The van der Waals surface area contributed by atoms with Gasteiger partial charge in [-0.25, -0.2) is 0 Å². The number of likely N-dealkylation sites (tertiary alicyclic amines) is 1. The van der Waals surface area contributed by atoms with E-state index in [-0.39, 0.29) is 30.2 Å². The zero-order valence-corrected chi connectivity index (χ0v) is 15.8. The topological polar surface area (TPSA) is 78.5 Å². The highest BCUT2D eigenvalue weighted by atomic mass is 16.2. The number of rotatable bonds is 6. The van der Waals surface area contributed by atoms with Crippen LogP contribution in [0, 0.1) is 5.92 Å². The molecule has 3 rings (SSSR count). The lowest BCUT2D eigenvalue weighted by Crippen LogP contribution is -2.46. The summed E-state index contributed by atoms with van der Waals surface area (Å²) in [6, 6.07) is 18.6. The van der Waals surface area contributed by atoms with Crippen molar-refractivity contribution in [3.05, 3.63) is 71.8 Å². The fraction of sp³-hybridized carbons (Fsp3) is 0.318. The van der Waals surface area contributed by atoms with E-state index in [2.05, 4.69) is 10.6 Å². The molecule has 1 heterocycles. The monoisotopic (exact) mass is 379 g/mol. The van der Waals surface area contributed by atoms with Crippen molar-refractivity contribution in [2.24, 2.45) is 5.92 Å². The van der Waals surface area contributed by atoms with Gasteiger partial charge < -0.3 is 15.5 Å². The zero-order valence-electron chi connectivity index (χ0n) is 15.8. The van der Waals surface area contributed by atoms with Crippen LogP contribution >= 0.6 is 0 Å². The van der Waals surface area contributed by atoms with E-state index in [0.29, 0.717) is 38.0 Å². The summed E-state index contributed by atoms with van der Waals surface area (Å²) in [6.07, 6.45) is 1.28. The summed E-state index contributed by atoms with van der Waals surface area (Å²) in [6.45, 7) is 1.55. The van der Waals surface area contributed by atoms with E-state index in [1.165, 1.54) is 0 Å². The van der Waals surface area contributed by atoms with E-state index < -0.39 is 0 Å². The summed E-state index contributed by atoms with van der Waals surface area (Å²) < 4.78 is 0. The Morgan fingerprint density at radius 3 is 2.11 bits per heavy atom. The second-order valence-corrected chi connectivity index (χ2v) is 6.91. The molecule has 3 amide bonds. The van der Waals surface area contributed by atoms with Crippen LogP contribution in [0.25, 0.3) is 0 Å². The quantitative estimate of drug-likeness (QED) is 0.806. The van der Waals surface area contributed by atoms with Gasteiger partial charge in [-0.05, 0) is 30.5 Å². The molecular formula is C22H25N3O3. The van der Waals surface area contributed by atoms with Gasteiger partial charge >= 0.3 is 0 Å². The van der Waals surface area contributed by atoms with Crippen molar-refractivity contribution in [2.75, 3.05) is 19.6 Å². The molecule has 6 heteroatoms. The Balaban J connectivity index is 1.39. The smallest absolute Gasteiger partial charge is 0.251 e. The number of hydrogen-bond acceptors (Lipinski definition) is 3. The zero-order chi connectivity index (χ0) is 19.8. The Labute approximate surface area is 164 Å². The van der Waals surface area contributed by atoms with Gasteiger partial charge in [-0.15, -0.1) is 0 Å². The van der Waals surface area contributed by atoms with Gasteiger partial charge in [0.05, 0.1) is 6.54 Å². The molecule has 1 fully saturated rings. The van der Waals surface area contributed by atoms with Crippen molar-refractivity contribution < 1.29 is 14.4 Å². The first-order valence-corrected chi connectivity index (χ1v) is 9.56. The highest BCUT2D eigenvalue weighted by molar-refractivity contribution is 5.96. The highest BCUT2D eigenvalue weighted by Crippen LogP contribution is 2.17. The maximum atomic E-state index is 12.3. The van der Waals surface area contributed by atoms with Gasteiger partial charge in [0.15, 0.2) is 0 Å². The molecule has 2 aromatic carbocycles. The third kappa shape index (κ3) is 5.42. The largest absolute Gasteiger partial charge is 0.352 e. The normalized spacial score (nSPS) is 14.4. The Hall–Kier alpha value is -3.15. The molecule has 0 atom stereocenters. The second-order valence-electron chi connectivity index (χ2n) is 6.91. The van der Waals surface area contributed by atoms with E-state index in [1.807, 2.05) is 36.4 Å². The van der Waals surface area contributed by atoms with E-state index in [1.54, 1.807) is 29.2 Å². The van der Waals surface area contributed by atoms with Crippen LogP contribution in [-0.4, -0.2) is 42.3 Å². The molecule has 0 aromatic heterocycles. The van der Waals surface area contributed by atoms with Crippen LogP contribution in [0.15, 0.2) is 60.7 Å². The van der Waals surface area contributed by atoms with Crippen molar-refractivity contribution in [1.29, 1.82) is 0 Å². The lowest BCUT2D eigenvalue weighted by atomic mass is 9.95. The Kier molecular flexibility index (Phi) is 6.78. The molecule has 1 saturated heterocycles. The average molecular weight is 379 g/mol. The first-order valence-electron chi connectivity index (χ1n) is 9.56. The van der Waals surface area contributed by atoms with Crippen molar-refractivity contribution in [2.45, 2.75) is 19.4 Å². The Bertz CT molecular complexity index is 800. The molecule has 1 aliphatic heterocycles. The minimum absolute atomic E-state index is 0.0292. The van der Waals surface area contributed by atoms with Crippen LogP contribution in [0.1, 0.15) is 28.8 Å². The summed E-state index contributed by atoms with van der Waals surface area (Å²) in [7, 11) is 0. The lowest BCUT2D eigenvalue weighted by molar-refractivity contribution is -0.134. The van der Waals surface area contributed by atoms with E-state index >= 15 is 0 Å². The molecule has 0 radical (unpaired) electrons. The average Bonchev–Trinajstić information content (AvgIpc) is 2.77. The van der Waals surface area contributed by atoms with Gasteiger partial charge in [0.1, 0.15) is 0 Å². The van der Waals surface area contributed by atoms with Gasteiger partial charge in [-0.3, -0.25) is 14.4 Å². The summed E-state index contributed by atoms with van der Waals surface area (Å²) >= 11 is 0. The summed E-state index contributed by atoms with van der Waals surface area (Å²) in [4.78, 5) is 38.4. The minimum Gasteiger partial charge on any atom is -0.352 e. The molecule has 146 valence electrons. The van der Waals surface area contributed by atoms with E-state index in [9.17, 15) is 14.4 Å². The number of amides is 3. The highest BCUT2D eigenvalue weighted by Gasteiger charge is 2.27. The van der Waals surface area contributed by atoms with Crippen LogP contribution in [0.2, 0.25) is 0 Å². The maximum Gasteiger partial charge on any atom is 0.251 e. The SMILES string of the molecule is O=C(NCC(=O)N1CCC(C(=O)NCc2ccccc2)CC1)c1ccccc1. The molecule has 0 spiro atoms. The third-order valence-electron chi connectivity index (χ3n) is 4.96. The first-order chi connectivity index (χ1) is 13.6. The van der Waals surface area contributed by atoms with Crippen molar-refractivity contribution in [3.63, 3.8) is 0 Å². The number of benzene rings is 2. The Morgan fingerprint density at radius 1 is 0.857 bits per heavy atom. The molecule has 28 heavy (non-hydrogen) atoms. The fourth-order valence-corrected chi connectivity index (χ4v) is 3.28. The van der Waals surface area contributed by atoms with Gasteiger partial charge in [0.25, 0.3) is 5.91 Å². The van der Waals surface area contributed by atoms with Gasteiger partial charge in [-0.2, -0.15) is 0 Å². The summed E-state index contributed by atoms with van der Waals surface area (Å²) in [5.41, 5.74) is 1.60. The molecule has 0 aliphatic carbocycles. The molecule has 2 N–H and O–H groups in total. The molecule has 0 bridgehead atoms. The predicted molar refractivity (Wildman–Crippen MR) is 106 cm³/mol. The molecule has 2 aromatic rings. The van der Waals surface area contributed by atoms with Crippen LogP contribution in [0.3, 0.4) is 0 Å². The lowest BCUT2D eigenvalue weighted by Gasteiger charge is -2.31. The van der Waals surface area contributed by atoms with E-state index in [4.69, 9.17) is 0 Å². The van der Waals surface area contributed by atoms with Crippen LogP contribution in [0.4, 0.5) is 0 Å². The summed E-state index contributed by atoms with van der Waals surface area (Å²) in [5, 5.41) is 5.63. The number of nitrogens with one attached hydrogen (secondary N) is 2. The van der Waals surface area contributed by atoms with Crippen LogP contribution in [0.5, 0.6) is 0 Å². The van der Waals surface area contributed by atoms with Gasteiger partial charge in [-0.1, -0.05) is 48.5 Å². The number of hydrogen-bond donors (Lipinski definition) is 2. The van der Waals surface area contributed by atoms with Crippen molar-refractivity contribution in [1.82, 2.24) is 15.5 Å². The molecule has 6 nitrogen and oxygen atoms in total. The molecule has 0 unspecified atom stereocenters. The molecule has 1 aliphatic rings. The number of nitrogens with zero attached hydrogens (tertiary/aromatic N) is 1. The van der Waals surface area contributed by atoms with Gasteiger partial charge in [0.2, 0.25) is 11.8 Å². The Morgan fingerprint density at radius 2 is 1.46 bits per heavy atom. The molecule has 0 saturated carbocycles. The van der Waals surface area contributed by atoms with Crippen LogP contribution in [-0.2, 0) is 16.1 Å². The summed E-state index contributed by atoms with van der Waals surface area (Å²) in [5.74, 6) is -0.420.